The molecule has 0 saturated carbocycles. The highest BCUT2D eigenvalue weighted by Gasteiger charge is 2.39. The molecule has 1 aromatic rings. The summed E-state index contributed by atoms with van der Waals surface area (Å²) in [5, 5.41) is 3.20. The number of amides is 2. The topological polar surface area (TPSA) is 55.9 Å². The van der Waals surface area contributed by atoms with E-state index >= 15 is 0 Å². The molecule has 1 aromatic carbocycles. The number of halogens is 1. The molecule has 0 aliphatic carbocycles. The number of benzene rings is 1. The van der Waals surface area contributed by atoms with Crippen molar-refractivity contribution in [1.29, 1.82) is 0 Å². The standard InChI is InChI=1S/C18H25FN4O2/c1-21-9-11-22(12-10-21)8-2-7-20-16-13-17(24)23(18(16)25)15-5-3-14(19)4-6-15/h3-6,16,20H,2,7-13H2,1H3/t16-/m0/s1. The number of carbonyl (C=O) groups is 2. The first-order chi connectivity index (χ1) is 12.0. The minimum absolute atomic E-state index is 0.157. The maximum absolute atomic E-state index is 13.0. The van der Waals surface area contributed by atoms with Crippen molar-refractivity contribution in [2.45, 2.75) is 18.9 Å². The zero-order valence-corrected chi connectivity index (χ0v) is 14.6. The zero-order chi connectivity index (χ0) is 17.8. The van der Waals surface area contributed by atoms with E-state index in [4.69, 9.17) is 0 Å². The molecule has 0 bridgehead atoms. The maximum Gasteiger partial charge on any atom is 0.251 e. The van der Waals surface area contributed by atoms with E-state index in [1.54, 1.807) is 0 Å². The Labute approximate surface area is 147 Å². The molecular formula is C18H25FN4O2. The summed E-state index contributed by atoms with van der Waals surface area (Å²) in [6.45, 7) is 6.04. The van der Waals surface area contributed by atoms with Gasteiger partial charge in [0.2, 0.25) is 5.91 Å². The molecule has 0 spiro atoms. The van der Waals surface area contributed by atoms with Gasteiger partial charge < -0.3 is 15.1 Å². The fourth-order valence-corrected chi connectivity index (χ4v) is 3.30. The van der Waals surface area contributed by atoms with Crippen LogP contribution in [0.3, 0.4) is 0 Å². The zero-order valence-electron chi connectivity index (χ0n) is 14.6. The monoisotopic (exact) mass is 348 g/mol. The van der Waals surface area contributed by atoms with Crippen molar-refractivity contribution in [3.63, 3.8) is 0 Å². The van der Waals surface area contributed by atoms with Gasteiger partial charge in [-0.2, -0.15) is 0 Å². The summed E-state index contributed by atoms with van der Waals surface area (Å²) < 4.78 is 13.0. The van der Waals surface area contributed by atoms with E-state index in [0.717, 1.165) is 44.0 Å². The van der Waals surface area contributed by atoms with Crippen molar-refractivity contribution >= 4 is 17.5 Å². The molecule has 0 radical (unpaired) electrons. The third-order valence-electron chi connectivity index (χ3n) is 4.87. The normalized spacial score (nSPS) is 22.8. The highest BCUT2D eigenvalue weighted by atomic mass is 19.1. The van der Waals surface area contributed by atoms with Crippen LogP contribution in [0.15, 0.2) is 24.3 Å². The first-order valence-corrected chi connectivity index (χ1v) is 8.81. The molecular weight excluding hydrogens is 323 g/mol. The molecule has 2 aliphatic rings. The van der Waals surface area contributed by atoms with E-state index < -0.39 is 6.04 Å². The number of imide groups is 1. The lowest BCUT2D eigenvalue weighted by molar-refractivity contribution is -0.121. The smallest absolute Gasteiger partial charge is 0.251 e. The van der Waals surface area contributed by atoms with Gasteiger partial charge in [-0.05, 0) is 50.8 Å². The first kappa shape index (κ1) is 18.0. The molecule has 25 heavy (non-hydrogen) atoms. The molecule has 2 saturated heterocycles. The van der Waals surface area contributed by atoms with Crippen molar-refractivity contribution in [2.24, 2.45) is 0 Å². The Morgan fingerprint density at radius 3 is 2.48 bits per heavy atom. The van der Waals surface area contributed by atoms with Crippen LogP contribution in [-0.2, 0) is 9.59 Å². The molecule has 136 valence electrons. The SMILES string of the molecule is CN1CCN(CCCN[C@H]2CC(=O)N(c3ccc(F)cc3)C2=O)CC1. The van der Waals surface area contributed by atoms with Gasteiger partial charge in [-0.25, -0.2) is 9.29 Å². The fraction of sp³-hybridized carbons (Fsp3) is 0.556. The van der Waals surface area contributed by atoms with Gasteiger partial charge in [0, 0.05) is 26.2 Å². The predicted molar refractivity (Wildman–Crippen MR) is 93.9 cm³/mol. The second-order valence-electron chi connectivity index (χ2n) is 6.75. The van der Waals surface area contributed by atoms with Gasteiger partial charge in [0.05, 0.1) is 18.2 Å². The molecule has 2 heterocycles. The molecule has 1 atom stereocenters. The number of nitrogens with one attached hydrogen (secondary N) is 1. The molecule has 6 nitrogen and oxygen atoms in total. The van der Waals surface area contributed by atoms with Crippen molar-refractivity contribution in [3.8, 4) is 0 Å². The molecule has 2 amide bonds. The number of rotatable bonds is 6. The lowest BCUT2D eigenvalue weighted by Crippen LogP contribution is -2.45. The molecule has 2 aliphatic heterocycles. The van der Waals surface area contributed by atoms with E-state index in [9.17, 15) is 14.0 Å². The van der Waals surface area contributed by atoms with Crippen LogP contribution in [-0.4, -0.2) is 74.0 Å². The number of piperazine rings is 1. The van der Waals surface area contributed by atoms with Gasteiger partial charge in [-0.3, -0.25) is 9.59 Å². The Hall–Kier alpha value is -1.83. The van der Waals surface area contributed by atoms with Gasteiger partial charge >= 0.3 is 0 Å². The lowest BCUT2D eigenvalue weighted by Gasteiger charge is -2.32. The number of hydrogen-bond donors (Lipinski definition) is 1. The van der Waals surface area contributed by atoms with E-state index in [0.29, 0.717) is 12.2 Å². The Bertz CT molecular complexity index is 614. The van der Waals surface area contributed by atoms with Gasteiger partial charge in [-0.1, -0.05) is 0 Å². The van der Waals surface area contributed by atoms with Crippen LogP contribution in [0.2, 0.25) is 0 Å². The van der Waals surface area contributed by atoms with Crippen molar-refractivity contribution < 1.29 is 14.0 Å². The Morgan fingerprint density at radius 1 is 1.12 bits per heavy atom. The third kappa shape index (κ3) is 4.42. The third-order valence-corrected chi connectivity index (χ3v) is 4.87. The van der Waals surface area contributed by atoms with E-state index in [-0.39, 0.29) is 24.1 Å². The first-order valence-electron chi connectivity index (χ1n) is 8.81. The quantitative estimate of drug-likeness (QED) is 0.605. The van der Waals surface area contributed by atoms with Crippen LogP contribution >= 0.6 is 0 Å². The van der Waals surface area contributed by atoms with E-state index in [1.807, 2.05) is 0 Å². The molecule has 1 N–H and O–H groups in total. The number of likely N-dealkylation sites (N-methyl/N-ethyl adjacent to an activating group) is 1. The van der Waals surface area contributed by atoms with Crippen molar-refractivity contribution in [3.05, 3.63) is 30.1 Å². The minimum atomic E-state index is -0.481. The summed E-state index contributed by atoms with van der Waals surface area (Å²) >= 11 is 0. The summed E-state index contributed by atoms with van der Waals surface area (Å²) in [4.78, 5) is 30.5. The van der Waals surface area contributed by atoms with Gasteiger partial charge in [0.1, 0.15) is 5.82 Å². The molecule has 7 heteroatoms. The largest absolute Gasteiger partial charge is 0.305 e. The summed E-state index contributed by atoms with van der Waals surface area (Å²) in [6, 6.07) is 4.95. The Balaban J connectivity index is 1.45. The number of carbonyl (C=O) groups excluding carboxylic acids is 2. The van der Waals surface area contributed by atoms with Gasteiger partial charge in [0.15, 0.2) is 0 Å². The highest BCUT2D eigenvalue weighted by Crippen LogP contribution is 2.23. The maximum atomic E-state index is 13.0. The number of nitrogens with zero attached hydrogens (tertiary/aromatic N) is 3. The van der Waals surface area contributed by atoms with Crippen LogP contribution in [0.4, 0.5) is 10.1 Å². The van der Waals surface area contributed by atoms with Gasteiger partial charge in [-0.15, -0.1) is 0 Å². The second kappa shape index (κ2) is 8.03. The lowest BCUT2D eigenvalue weighted by atomic mass is 10.2. The summed E-state index contributed by atoms with van der Waals surface area (Å²) in [6.07, 6.45) is 1.10. The van der Waals surface area contributed by atoms with Crippen molar-refractivity contribution in [1.82, 2.24) is 15.1 Å². The summed E-state index contributed by atoms with van der Waals surface area (Å²) in [7, 11) is 2.13. The number of hydrogen-bond acceptors (Lipinski definition) is 5. The molecule has 0 unspecified atom stereocenters. The highest BCUT2D eigenvalue weighted by molar-refractivity contribution is 6.22. The van der Waals surface area contributed by atoms with E-state index in [2.05, 4.69) is 22.2 Å². The average Bonchev–Trinajstić information content (AvgIpc) is 2.88. The van der Waals surface area contributed by atoms with Crippen molar-refractivity contribution in [2.75, 3.05) is 51.2 Å². The predicted octanol–water partition coefficient (Wildman–Crippen LogP) is 0.685. The minimum Gasteiger partial charge on any atom is -0.305 e. The fourth-order valence-electron chi connectivity index (χ4n) is 3.30. The summed E-state index contributed by atoms with van der Waals surface area (Å²) in [5.41, 5.74) is 0.429. The molecule has 2 fully saturated rings. The van der Waals surface area contributed by atoms with Gasteiger partial charge in [0.25, 0.3) is 5.91 Å². The van der Waals surface area contributed by atoms with E-state index in [1.165, 1.54) is 24.3 Å². The Morgan fingerprint density at radius 2 is 1.80 bits per heavy atom. The Kier molecular flexibility index (Phi) is 5.78. The van der Waals surface area contributed by atoms with Crippen LogP contribution in [0, 0.1) is 5.82 Å². The summed E-state index contributed by atoms with van der Waals surface area (Å²) in [5.74, 6) is -0.884. The van der Waals surface area contributed by atoms with Crippen LogP contribution < -0.4 is 10.2 Å². The number of anilines is 1. The van der Waals surface area contributed by atoms with Crippen LogP contribution in [0.25, 0.3) is 0 Å². The molecule has 0 aromatic heterocycles. The molecule has 3 rings (SSSR count). The van der Waals surface area contributed by atoms with Crippen LogP contribution in [0.1, 0.15) is 12.8 Å². The average molecular weight is 348 g/mol. The van der Waals surface area contributed by atoms with Crippen LogP contribution in [0.5, 0.6) is 0 Å². The second-order valence-corrected chi connectivity index (χ2v) is 6.75.